The number of hydrogen-bond donors (Lipinski definition) is 2. The first kappa shape index (κ1) is 14.6. The maximum Gasteiger partial charge on any atom is 0.332 e. The molecule has 18 heavy (non-hydrogen) atoms. The summed E-state index contributed by atoms with van der Waals surface area (Å²) in [4.78, 5) is 18.0. The van der Waals surface area contributed by atoms with Gasteiger partial charge in [-0.15, -0.1) is 0 Å². The molecule has 7 nitrogen and oxygen atoms in total. The molecule has 0 radical (unpaired) electrons. The molecule has 0 saturated carbocycles. The zero-order chi connectivity index (χ0) is 13.5. The maximum atomic E-state index is 10.9. The summed E-state index contributed by atoms with van der Waals surface area (Å²) in [6.07, 6.45) is 2.35. The van der Waals surface area contributed by atoms with Crippen molar-refractivity contribution in [3.05, 3.63) is 21.1 Å². The molecule has 0 spiro atoms. The van der Waals surface area contributed by atoms with Crippen molar-refractivity contribution in [2.75, 3.05) is 18.5 Å². The summed E-state index contributed by atoms with van der Waals surface area (Å²) in [6, 6.07) is 0. The Balaban J connectivity index is 2.71. The molecule has 0 aliphatic rings. The second-order valence-electron chi connectivity index (χ2n) is 3.74. The number of aliphatic hydroxyl groups is 1. The van der Waals surface area contributed by atoms with Crippen molar-refractivity contribution in [1.29, 1.82) is 0 Å². The van der Waals surface area contributed by atoms with Crippen molar-refractivity contribution in [3.8, 4) is 0 Å². The Morgan fingerprint density at radius 3 is 2.72 bits per heavy atom. The average Bonchev–Trinajstić information content (AvgIpc) is 2.27. The third-order valence-electron chi connectivity index (χ3n) is 2.34. The van der Waals surface area contributed by atoms with E-state index in [0.717, 1.165) is 12.8 Å². The summed E-state index contributed by atoms with van der Waals surface area (Å²) in [6.45, 7) is 2.20. The highest BCUT2D eigenvalue weighted by atomic mass is 35.5. The van der Waals surface area contributed by atoms with Gasteiger partial charge in [-0.2, -0.15) is 4.98 Å². The van der Waals surface area contributed by atoms with Gasteiger partial charge < -0.3 is 10.4 Å². The van der Waals surface area contributed by atoms with Crippen LogP contribution in [-0.4, -0.2) is 33.1 Å². The predicted molar refractivity (Wildman–Crippen MR) is 67.9 cm³/mol. The van der Waals surface area contributed by atoms with Gasteiger partial charge in [-0.25, -0.2) is 4.98 Å². The zero-order valence-corrected chi connectivity index (χ0v) is 10.8. The number of aromatic nitrogens is 2. The summed E-state index contributed by atoms with van der Waals surface area (Å²) in [5.41, 5.74) is 0.0828. The third kappa shape index (κ3) is 4.08. The first-order valence-electron chi connectivity index (χ1n) is 5.59. The SMILES string of the molecule is Cc1nc(Cl)nc(NCCCCCO)c1[N+](=O)[O-]. The van der Waals surface area contributed by atoms with E-state index in [1.54, 1.807) is 0 Å². The lowest BCUT2D eigenvalue weighted by Gasteiger charge is -2.07. The molecule has 0 aromatic carbocycles. The van der Waals surface area contributed by atoms with Crippen LogP contribution in [0.4, 0.5) is 11.5 Å². The zero-order valence-electron chi connectivity index (χ0n) is 10.0. The number of nitrogens with one attached hydrogen (secondary N) is 1. The molecule has 0 atom stereocenters. The minimum absolute atomic E-state index is 0.0176. The van der Waals surface area contributed by atoms with Gasteiger partial charge in [0, 0.05) is 13.2 Å². The van der Waals surface area contributed by atoms with E-state index in [1.165, 1.54) is 6.92 Å². The molecule has 100 valence electrons. The Labute approximate surface area is 109 Å². The molecule has 0 unspecified atom stereocenters. The van der Waals surface area contributed by atoms with E-state index in [-0.39, 0.29) is 29.1 Å². The number of hydrogen-bond acceptors (Lipinski definition) is 6. The molecule has 1 aromatic rings. The molecule has 0 fully saturated rings. The van der Waals surface area contributed by atoms with Crippen molar-refractivity contribution in [3.63, 3.8) is 0 Å². The number of aryl methyl sites for hydroxylation is 1. The van der Waals surface area contributed by atoms with E-state index in [2.05, 4.69) is 15.3 Å². The second kappa shape index (κ2) is 7.07. The predicted octanol–water partition coefficient (Wildman–Crippen LogP) is 1.92. The molecular weight excluding hydrogens is 260 g/mol. The normalized spacial score (nSPS) is 10.4. The fourth-order valence-corrected chi connectivity index (χ4v) is 1.71. The number of nitro groups is 1. The molecule has 0 amide bonds. The van der Waals surface area contributed by atoms with E-state index in [1.807, 2.05) is 0 Å². The number of unbranched alkanes of at least 4 members (excludes halogenated alkanes) is 2. The molecular formula is C10H15ClN4O3. The summed E-state index contributed by atoms with van der Waals surface area (Å²) in [5, 5.41) is 22.4. The molecule has 2 N–H and O–H groups in total. The van der Waals surface area contributed by atoms with Gasteiger partial charge in [-0.3, -0.25) is 10.1 Å². The van der Waals surface area contributed by atoms with Crippen LogP contribution in [0.3, 0.4) is 0 Å². The van der Waals surface area contributed by atoms with E-state index < -0.39 is 4.92 Å². The molecule has 0 saturated heterocycles. The number of anilines is 1. The van der Waals surface area contributed by atoms with E-state index in [4.69, 9.17) is 16.7 Å². The van der Waals surface area contributed by atoms with Crippen LogP contribution in [-0.2, 0) is 0 Å². The van der Waals surface area contributed by atoms with Gasteiger partial charge in [0.25, 0.3) is 0 Å². The first-order valence-corrected chi connectivity index (χ1v) is 5.97. The Bertz CT molecular complexity index is 428. The molecule has 0 bridgehead atoms. The van der Waals surface area contributed by atoms with E-state index in [9.17, 15) is 10.1 Å². The second-order valence-corrected chi connectivity index (χ2v) is 4.08. The molecule has 0 aliphatic heterocycles. The van der Waals surface area contributed by atoms with Crippen LogP contribution >= 0.6 is 11.6 Å². The van der Waals surface area contributed by atoms with Crippen molar-refractivity contribution in [2.45, 2.75) is 26.2 Å². The number of halogens is 1. The van der Waals surface area contributed by atoms with Crippen LogP contribution in [0.2, 0.25) is 5.28 Å². The lowest BCUT2D eigenvalue weighted by atomic mass is 10.2. The number of rotatable bonds is 7. The highest BCUT2D eigenvalue weighted by molar-refractivity contribution is 6.28. The standard InChI is InChI=1S/C10H15ClN4O3/c1-7-8(15(17)18)9(14-10(11)13-7)12-5-3-2-4-6-16/h16H,2-6H2,1H3,(H,12,13,14). The van der Waals surface area contributed by atoms with Gasteiger partial charge in [0.2, 0.25) is 11.1 Å². The van der Waals surface area contributed by atoms with Crippen LogP contribution in [0.5, 0.6) is 0 Å². The lowest BCUT2D eigenvalue weighted by molar-refractivity contribution is -0.385. The van der Waals surface area contributed by atoms with Crippen molar-refractivity contribution < 1.29 is 10.0 Å². The van der Waals surface area contributed by atoms with Gasteiger partial charge in [0.05, 0.1) is 4.92 Å². The fourth-order valence-electron chi connectivity index (χ4n) is 1.50. The summed E-state index contributed by atoms with van der Waals surface area (Å²) < 4.78 is 0. The smallest absolute Gasteiger partial charge is 0.332 e. The Hall–Kier alpha value is -1.47. The van der Waals surface area contributed by atoms with Crippen LogP contribution in [0.25, 0.3) is 0 Å². The van der Waals surface area contributed by atoms with Gasteiger partial charge >= 0.3 is 5.69 Å². The quantitative estimate of drug-likeness (QED) is 0.341. The van der Waals surface area contributed by atoms with Crippen LogP contribution in [0.1, 0.15) is 25.0 Å². The van der Waals surface area contributed by atoms with Crippen LogP contribution in [0, 0.1) is 17.0 Å². The topological polar surface area (TPSA) is 101 Å². The fraction of sp³-hybridized carbons (Fsp3) is 0.600. The first-order chi connectivity index (χ1) is 8.56. The molecule has 1 aromatic heterocycles. The summed E-state index contributed by atoms with van der Waals surface area (Å²) in [5.74, 6) is 0.140. The van der Waals surface area contributed by atoms with Crippen molar-refractivity contribution in [2.24, 2.45) is 0 Å². The molecule has 1 heterocycles. The van der Waals surface area contributed by atoms with Gasteiger partial charge in [0.15, 0.2) is 0 Å². The molecule has 8 heteroatoms. The van der Waals surface area contributed by atoms with E-state index >= 15 is 0 Å². The Morgan fingerprint density at radius 2 is 2.11 bits per heavy atom. The van der Waals surface area contributed by atoms with Crippen molar-refractivity contribution >= 4 is 23.1 Å². The third-order valence-corrected chi connectivity index (χ3v) is 2.51. The van der Waals surface area contributed by atoms with Gasteiger partial charge in [-0.1, -0.05) is 0 Å². The van der Waals surface area contributed by atoms with Crippen LogP contribution in [0.15, 0.2) is 0 Å². The highest BCUT2D eigenvalue weighted by Gasteiger charge is 2.21. The largest absolute Gasteiger partial charge is 0.396 e. The highest BCUT2D eigenvalue weighted by Crippen LogP contribution is 2.26. The number of nitrogens with zero attached hydrogens (tertiary/aromatic N) is 3. The Morgan fingerprint density at radius 1 is 1.39 bits per heavy atom. The maximum absolute atomic E-state index is 10.9. The Kier molecular flexibility index (Phi) is 5.73. The minimum Gasteiger partial charge on any atom is -0.396 e. The average molecular weight is 275 g/mol. The van der Waals surface area contributed by atoms with Crippen molar-refractivity contribution in [1.82, 2.24) is 9.97 Å². The molecule has 0 aliphatic carbocycles. The molecule has 1 rings (SSSR count). The van der Waals surface area contributed by atoms with Crippen LogP contribution < -0.4 is 5.32 Å². The van der Waals surface area contributed by atoms with E-state index in [0.29, 0.717) is 13.0 Å². The van der Waals surface area contributed by atoms with Gasteiger partial charge in [0.1, 0.15) is 5.69 Å². The van der Waals surface area contributed by atoms with Gasteiger partial charge in [-0.05, 0) is 37.8 Å². The minimum atomic E-state index is -0.526. The monoisotopic (exact) mass is 274 g/mol. The summed E-state index contributed by atoms with van der Waals surface area (Å²) in [7, 11) is 0. The summed E-state index contributed by atoms with van der Waals surface area (Å²) >= 11 is 5.67. The lowest BCUT2D eigenvalue weighted by Crippen LogP contribution is -2.09. The number of aliphatic hydroxyl groups excluding tert-OH is 1.